The summed E-state index contributed by atoms with van der Waals surface area (Å²) in [6, 6.07) is 10.1. The van der Waals surface area contributed by atoms with E-state index in [-0.39, 0.29) is 0 Å². The molecular weight excluding hydrogens is 186 g/mol. The molecule has 0 saturated carbocycles. The average Bonchev–Trinajstić information content (AvgIpc) is 2.61. The van der Waals surface area contributed by atoms with Crippen LogP contribution < -0.4 is 0 Å². The second-order valence-electron chi connectivity index (χ2n) is 3.77. The van der Waals surface area contributed by atoms with Crippen LogP contribution in [0.4, 0.5) is 0 Å². The highest BCUT2D eigenvalue weighted by Crippen LogP contribution is 2.22. The number of aromatic amines is 1. The second kappa shape index (κ2) is 3.73. The van der Waals surface area contributed by atoms with Crippen molar-refractivity contribution in [2.24, 2.45) is 0 Å². The standard InChI is InChI=1S/C13H13NO/c1-9-3-5-11(6-4-9)13-10(2)7-12(8-15)14-13/h3-8,14H,1-2H3. The molecule has 1 aromatic heterocycles. The van der Waals surface area contributed by atoms with Gasteiger partial charge in [-0.05, 0) is 31.0 Å². The normalized spacial score (nSPS) is 10.3. The lowest BCUT2D eigenvalue weighted by molar-refractivity contribution is 0.111. The zero-order valence-corrected chi connectivity index (χ0v) is 8.87. The molecule has 1 aromatic carbocycles. The number of nitrogens with one attached hydrogen (secondary N) is 1. The summed E-state index contributed by atoms with van der Waals surface area (Å²) in [5.41, 5.74) is 5.10. The van der Waals surface area contributed by atoms with E-state index in [0.29, 0.717) is 5.69 Å². The molecule has 1 N–H and O–H groups in total. The van der Waals surface area contributed by atoms with Gasteiger partial charge in [-0.3, -0.25) is 4.79 Å². The molecule has 1 heterocycles. The van der Waals surface area contributed by atoms with Gasteiger partial charge in [0.1, 0.15) is 0 Å². The lowest BCUT2D eigenvalue weighted by atomic mass is 10.1. The Labute approximate surface area is 89.0 Å². The highest BCUT2D eigenvalue weighted by molar-refractivity contribution is 5.77. The van der Waals surface area contributed by atoms with E-state index in [0.717, 1.165) is 23.1 Å². The maximum Gasteiger partial charge on any atom is 0.166 e. The van der Waals surface area contributed by atoms with E-state index in [1.165, 1.54) is 5.56 Å². The number of rotatable bonds is 2. The highest BCUT2D eigenvalue weighted by Gasteiger charge is 2.05. The third-order valence-electron chi connectivity index (χ3n) is 2.50. The van der Waals surface area contributed by atoms with Crippen LogP contribution in [0.25, 0.3) is 11.3 Å². The first kappa shape index (κ1) is 9.71. The summed E-state index contributed by atoms with van der Waals surface area (Å²) in [5, 5.41) is 0. The van der Waals surface area contributed by atoms with Crippen LogP contribution >= 0.6 is 0 Å². The molecule has 0 amide bonds. The number of hydrogen-bond donors (Lipinski definition) is 1. The summed E-state index contributed by atoms with van der Waals surface area (Å²) < 4.78 is 0. The number of benzene rings is 1. The van der Waals surface area contributed by atoms with Crippen LogP contribution in [0, 0.1) is 13.8 Å². The molecule has 0 atom stereocenters. The van der Waals surface area contributed by atoms with Crippen LogP contribution in [0.3, 0.4) is 0 Å². The largest absolute Gasteiger partial charge is 0.352 e. The summed E-state index contributed by atoms with van der Waals surface area (Å²) in [4.78, 5) is 13.7. The van der Waals surface area contributed by atoms with Gasteiger partial charge in [-0.1, -0.05) is 29.8 Å². The molecule has 0 aliphatic carbocycles. The van der Waals surface area contributed by atoms with Crippen molar-refractivity contribution in [2.75, 3.05) is 0 Å². The number of carbonyl (C=O) groups is 1. The first-order chi connectivity index (χ1) is 7.20. The maximum atomic E-state index is 10.6. The molecule has 0 spiro atoms. The summed E-state index contributed by atoms with van der Waals surface area (Å²) in [7, 11) is 0. The fourth-order valence-electron chi connectivity index (χ4n) is 1.67. The van der Waals surface area contributed by atoms with Crippen LogP contribution in [-0.2, 0) is 0 Å². The summed E-state index contributed by atoms with van der Waals surface area (Å²) in [6.45, 7) is 4.06. The third kappa shape index (κ3) is 1.84. The zero-order chi connectivity index (χ0) is 10.8. The molecule has 15 heavy (non-hydrogen) atoms. The minimum atomic E-state index is 0.628. The summed E-state index contributed by atoms with van der Waals surface area (Å²) in [6.07, 6.45) is 0.838. The Kier molecular flexibility index (Phi) is 2.42. The van der Waals surface area contributed by atoms with E-state index < -0.39 is 0 Å². The Bertz CT molecular complexity index is 480. The smallest absolute Gasteiger partial charge is 0.166 e. The van der Waals surface area contributed by atoms with E-state index in [9.17, 15) is 4.79 Å². The van der Waals surface area contributed by atoms with Gasteiger partial charge in [0.05, 0.1) is 5.69 Å². The van der Waals surface area contributed by atoms with E-state index in [1.807, 2.05) is 13.0 Å². The van der Waals surface area contributed by atoms with Gasteiger partial charge in [0.15, 0.2) is 6.29 Å². The highest BCUT2D eigenvalue weighted by atomic mass is 16.1. The first-order valence-electron chi connectivity index (χ1n) is 4.92. The predicted molar refractivity (Wildman–Crippen MR) is 61.1 cm³/mol. The third-order valence-corrected chi connectivity index (χ3v) is 2.50. The van der Waals surface area contributed by atoms with Crippen molar-refractivity contribution in [3.8, 4) is 11.3 Å². The van der Waals surface area contributed by atoms with Gasteiger partial charge in [-0.15, -0.1) is 0 Å². The number of aromatic nitrogens is 1. The Morgan fingerprint density at radius 1 is 1.13 bits per heavy atom. The molecule has 0 unspecified atom stereocenters. The van der Waals surface area contributed by atoms with Gasteiger partial charge in [0.2, 0.25) is 0 Å². The van der Waals surface area contributed by atoms with E-state index in [4.69, 9.17) is 0 Å². The van der Waals surface area contributed by atoms with Crippen molar-refractivity contribution >= 4 is 6.29 Å². The molecule has 0 radical (unpaired) electrons. The molecule has 0 aliphatic heterocycles. The van der Waals surface area contributed by atoms with Gasteiger partial charge in [-0.2, -0.15) is 0 Å². The van der Waals surface area contributed by atoms with Crippen molar-refractivity contribution in [3.63, 3.8) is 0 Å². The monoisotopic (exact) mass is 199 g/mol. The van der Waals surface area contributed by atoms with Crippen LogP contribution in [0.5, 0.6) is 0 Å². The molecular formula is C13H13NO. The number of carbonyl (C=O) groups excluding carboxylic acids is 1. The molecule has 2 aromatic rings. The zero-order valence-electron chi connectivity index (χ0n) is 8.87. The van der Waals surface area contributed by atoms with E-state index >= 15 is 0 Å². The number of aryl methyl sites for hydroxylation is 2. The predicted octanol–water partition coefficient (Wildman–Crippen LogP) is 3.11. The van der Waals surface area contributed by atoms with Gasteiger partial charge >= 0.3 is 0 Å². The van der Waals surface area contributed by atoms with Crippen molar-refractivity contribution in [1.82, 2.24) is 4.98 Å². The van der Waals surface area contributed by atoms with Crippen molar-refractivity contribution < 1.29 is 4.79 Å². The van der Waals surface area contributed by atoms with Crippen molar-refractivity contribution in [1.29, 1.82) is 0 Å². The molecule has 0 saturated heterocycles. The van der Waals surface area contributed by atoms with Crippen LogP contribution in [0.2, 0.25) is 0 Å². The van der Waals surface area contributed by atoms with E-state index in [2.05, 4.69) is 36.2 Å². The molecule has 76 valence electrons. The van der Waals surface area contributed by atoms with Crippen LogP contribution in [0.1, 0.15) is 21.6 Å². The Hall–Kier alpha value is -1.83. The molecule has 2 rings (SSSR count). The fraction of sp³-hybridized carbons (Fsp3) is 0.154. The summed E-state index contributed by atoms with van der Waals surface area (Å²) in [5.74, 6) is 0. The average molecular weight is 199 g/mol. The molecule has 0 fully saturated rings. The Morgan fingerprint density at radius 3 is 2.33 bits per heavy atom. The minimum absolute atomic E-state index is 0.628. The lowest BCUT2D eigenvalue weighted by Crippen LogP contribution is -1.82. The number of H-pyrrole nitrogens is 1. The van der Waals surface area contributed by atoms with Crippen LogP contribution in [-0.4, -0.2) is 11.3 Å². The molecule has 2 nitrogen and oxygen atoms in total. The topological polar surface area (TPSA) is 32.9 Å². The van der Waals surface area contributed by atoms with Gasteiger partial charge < -0.3 is 4.98 Å². The minimum Gasteiger partial charge on any atom is -0.352 e. The first-order valence-corrected chi connectivity index (χ1v) is 4.92. The second-order valence-corrected chi connectivity index (χ2v) is 3.77. The van der Waals surface area contributed by atoms with Crippen molar-refractivity contribution in [3.05, 3.63) is 47.2 Å². The van der Waals surface area contributed by atoms with Crippen molar-refractivity contribution in [2.45, 2.75) is 13.8 Å². The lowest BCUT2D eigenvalue weighted by Gasteiger charge is -2.00. The fourth-order valence-corrected chi connectivity index (χ4v) is 1.67. The maximum absolute atomic E-state index is 10.6. The van der Waals surface area contributed by atoms with E-state index in [1.54, 1.807) is 0 Å². The quantitative estimate of drug-likeness (QED) is 0.740. The molecule has 0 bridgehead atoms. The SMILES string of the molecule is Cc1ccc(-c2[nH]c(C=O)cc2C)cc1. The molecule has 2 heteroatoms. The Balaban J connectivity index is 2.48. The number of hydrogen-bond acceptors (Lipinski definition) is 1. The molecule has 0 aliphatic rings. The Morgan fingerprint density at radius 2 is 1.80 bits per heavy atom. The van der Waals surface area contributed by atoms with Crippen LogP contribution in [0.15, 0.2) is 30.3 Å². The number of aldehydes is 1. The summed E-state index contributed by atoms with van der Waals surface area (Å²) >= 11 is 0. The van der Waals surface area contributed by atoms with Gasteiger partial charge in [0, 0.05) is 5.69 Å². The van der Waals surface area contributed by atoms with Gasteiger partial charge in [-0.25, -0.2) is 0 Å². The van der Waals surface area contributed by atoms with Gasteiger partial charge in [0.25, 0.3) is 0 Å².